The van der Waals surface area contributed by atoms with E-state index >= 15 is 0 Å². The summed E-state index contributed by atoms with van der Waals surface area (Å²) in [5, 5.41) is 79.3. The highest BCUT2D eigenvalue weighted by molar-refractivity contribution is 5.73. The lowest BCUT2D eigenvalue weighted by molar-refractivity contribution is -0.271. The zero-order chi connectivity index (χ0) is 24.0. The zero-order valence-electron chi connectivity index (χ0n) is 16.8. The molecule has 2 unspecified atom stereocenters. The molecule has 2 aromatic rings. The van der Waals surface area contributed by atoms with Crippen molar-refractivity contribution in [3.8, 4) is 28.7 Å². The van der Waals surface area contributed by atoms with Crippen molar-refractivity contribution in [3.05, 3.63) is 41.5 Å². The number of aliphatic hydroxyl groups excluding tert-OH is 4. The fourth-order valence-electron chi connectivity index (χ4n) is 3.83. The van der Waals surface area contributed by atoms with Gasteiger partial charge in [-0.1, -0.05) is 6.07 Å². The lowest BCUT2D eigenvalue weighted by Gasteiger charge is -2.38. The summed E-state index contributed by atoms with van der Waals surface area (Å²) in [6.07, 6.45) is -11.2. The third-order valence-corrected chi connectivity index (χ3v) is 5.55. The van der Waals surface area contributed by atoms with Crippen LogP contribution in [0.15, 0.2) is 30.3 Å². The monoisotopic (exact) mass is 466 g/mol. The van der Waals surface area contributed by atoms with Crippen molar-refractivity contribution in [2.45, 2.75) is 49.3 Å². The van der Waals surface area contributed by atoms with Gasteiger partial charge in [-0.25, -0.2) is 4.79 Å². The maximum absolute atomic E-state index is 11.2. The molecule has 2 aromatic carbocycles. The van der Waals surface area contributed by atoms with Gasteiger partial charge in [0.05, 0.1) is 6.10 Å². The first-order valence-corrected chi connectivity index (χ1v) is 9.88. The van der Waals surface area contributed by atoms with Gasteiger partial charge in [0.2, 0.25) is 6.29 Å². The van der Waals surface area contributed by atoms with E-state index in [1.54, 1.807) is 0 Å². The van der Waals surface area contributed by atoms with Gasteiger partial charge in [-0.2, -0.15) is 0 Å². The van der Waals surface area contributed by atoms with Crippen molar-refractivity contribution in [1.29, 1.82) is 0 Å². The molecule has 0 aliphatic carbocycles. The maximum Gasteiger partial charge on any atom is 0.335 e. The second-order valence-corrected chi connectivity index (χ2v) is 7.83. The number of carboxylic acids is 1. The summed E-state index contributed by atoms with van der Waals surface area (Å²) in [5.41, 5.74) is 0.628. The van der Waals surface area contributed by atoms with Gasteiger partial charge in [0.1, 0.15) is 41.7 Å². The van der Waals surface area contributed by atoms with Crippen LogP contribution in [0.5, 0.6) is 28.7 Å². The molecule has 2 aliphatic rings. The zero-order valence-corrected chi connectivity index (χ0v) is 16.8. The fourth-order valence-corrected chi connectivity index (χ4v) is 3.83. The molecule has 2 heterocycles. The molecular weight excluding hydrogens is 444 g/mol. The molecule has 0 amide bonds. The van der Waals surface area contributed by atoms with Crippen molar-refractivity contribution in [2.24, 2.45) is 0 Å². The SMILES string of the molecule is O=C(O)C1O[C@@H](Oc2ccc([C@H]3Oc4cc(O)cc(O)c4C[C@@H]3O)cc2O)C(O)[C@@H](O)[C@@H]1O. The van der Waals surface area contributed by atoms with E-state index in [2.05, 4.69) is 0 Å². The van der Waals surface area contributed by atoms with E-state index in [4.69, 9.17) is 19.3 Å². The molecule has 0 aromatic heterocycles. The Morgan fingerprint density at radius 1 is 0.939 bits per heavy atom. The average Bonchev–Trinajstić information content (AvgIpc) is 2.75. The Balaban J connectivity index is 1.54. The number of hydrogen-bond acceptors (Lipinski definition) is 11. The van der Waals surface area contributed by atoms with Gasteiger partial charge in [0, 0.05) is 24.1 Å². The largest absolute Gasteiger partial charge is 0.508 e. The van der Waals surface area contributed by atoms with Crippen LogP contribution in [0.4, 0.5) is 0 Å². The molecule has 1 saturated heterocycles. The highest BCUT2D eigenvalue weighted by atomic mass is 16.7. The first-order valence-electron chi connectivity index (χ1n) is 9.88. The number of hydrogen-bond donors (Lipinski definition) is 8. The molecule has 12 heteroatoms. The fraction of sp³-hybridized carbons (Fsp3) is 0.381. The molecule has 7 atom stereocenters. The van der Waals surface area contributed by atoms with Crippen LogP contribution in [0.25, 0.3) is 0 Å². The molecule has 1 fully saturated rings. The summed E-state index contributed by atoms with van der Waals surface area (Å²) < 4.78 is 16.1. The first-order chi connectivity index (χ1) is 15.6. The molecule has 0 spiro atoms. The molecule has 4 rings (SSSR count). The van der Waals surface area contributed by atoms with Crippen LogP contribution in [-0.4, -0.2) is 83.6 Å². The van der Waals surface area contributed by atoms with E-state index in [1.807, 2.05) is 0 Å². The lowest BCUT2D eigenvalue weighted by Crippen LogP contribution is -2.61. The van der Waals surface area contributed by atoms with E-state index in [0.29, 0.717) is 11.1 Å². The van der Waals surface area contributed by atoms with Gasteiger partial charge in [-0.3, -0.25) is 0 Å². The number of aromatic hydroxyl groups is 3. The van der Waals surface area contributed by atoms with Crippen LogP contribution >= 0.6 is 0 Å². The van der Waals surface area contributed by atoms with E-state index < -0.39 is 54.6 Å². The van der Waals surface area contributed by atoms with Crippen LogP contribution in [0.3, 0.4) is 0 Å². The number of phenols is 3. The molecule has 8 N–H and O–H groups in total. The van der Waals surface area contributed by atoms with Crippen molar-refractivity contribution in [2.75, 3.05) is 0 Å². The van der Waals surface area contributed by atoms with Gasteiger partial charge in [-0.15, -0.1) is 0 Å². The third-order valence-electron chi connectivity index (χ3n) is 5.55. The Hall–Kier alpha value is -3.29. The minimum atomic E-state index is -1.89. The summed E-state index contributed by atoms with van der Waals surface area (Å²) in [7, 11) is 0. The summed E-state index contributed by atoms with van der Waals surface area (Å²) in [6.45, 7) is 0. The minimum Gasteiger partial charge on any atom is -0.508 e. The Labute approximate surface area is 186 Å². The molecule has 2 aliphatic heterocycles. The minimum absolute atomic E-state index is 0.0179. The number of carbonyl (C=O) groups is 1. The maximum atomic E-state index is 11.2. The first kappa shape index (κ1) is 22.9. The van der Waals surface area contributed by atoms with Crippen molar-refractivity contribution in [3.63, 3.8) is 0 Å². The van der Waals surface area contributed by atoms with Crippen LogP contribution in [0.1, 0.15) is 17.2 Å². The van der Waals surface area contributed by atoms with Crippen LogP contribution in [-0.2, 0) is 16.0 Å². The number of aliphatic carboxylic acids is 1. The Morgan fingerprint density at radius 2 is 1.67 bits per heavy atom. The average molecular weight is 466 g/mol. The highest BCUT2D eigenvalue weighted by Crippen LogP contribution is 2.43. The predicted molar refractivity (Wildman–Crippen MR) is 106 cm³/mol. The Morgan fingerprint density at radius 3 is 2.33 bits per heavy atom. The quantitative estimate of drug-likeness (QED) is 0.276. The number of rotatable bonds is 4. The van der Waals surface area contributed by atoms with Crippen molar-refractivity contribution in [1.82, 2.24) is 0 Å². The van der Waals surface area contributed by atoms with E-state index in [0.717, 1.165) is 6.07 Å². The molecule has 12 nitrogen and oxygen atoms in total. The number of phenolic OH excluding ortho intramolecular Hbond substituents is 3. The molecule has 33 heavy (non-hydrogen) atoms. The van der Waals surface area contributed by atoms with Gasteiger partial charge < -0.3 is 55.1 Å². The van der Waals surface area contributed by atoms with E-state index in [1.165, 1.54) is 24.3 Å². The predicted octanol–water partition coefficient (Wildman–Crippen LogP) is -0.889. The second-order valence-electron chi connectivity index (χ2n) is 7.83. The number of fused-ring (bicyclic) bond motifs is 1. The molecule has 0 radical (unpaired) electrons. The van der Waals surface area contributed by atoms with Gasteiger partial charge in [0.15, 0.2) is 17.6 Å². The number of aliphatic hydroxyl groups is 4. The molecule has 0 saturated carbocycles. The number of benzene rings is 2. The van der Waals surface area contributed by atoms with Crippen molar-refractivity contribution < 1.29 is 59.9 Å². The summed E-state index contributed by atoms with van der Waals surface area (Å²) in [6, 6.07) is 6.28. The van der Waals surface area contributed by atoms with E-state index in [-0.39, 0.29) is 29.4 Å². The molecular formula is C21H22O12. The van der Waals surface area contributed by atoms with Crippen LogP contribution in [0, 0.1) is 0 Å². The van der Waals surface area contributed by atoms with Crippen molar-refractivity contribution >= 4 is 5.97 Å². The lowest BCUT2D eigenvalue weighted by atomic mass is 9.94. The van der Waals surface area contributed by atoms with E-state index in [9.17, 15) is 40.5 Å². The van der Waals surface area contributed by atoms with Gasteiger partial charge in [0.25, 0.3) is 0 Å². The topological polar surface area (TPSA) is 207 Å². The molecule has 178 valence electrons. The molecule has 0 bridgehead atoms. The van der Waals surface area contributed by atoms with Crippen LogP contribution in [0.2, 0.25) is 0 Å². The summed E-state index contributed by atoms with van der Waals surface area (Å²) >= 11 is 0. The Kier molecular flexibility index (Phi) is 5.95. The van der Waals surface area contributed by atoms with Gasteiger partial charge >= 0.3 is 5.97 Å². The second kappa shape index (κ2) is 8.57. The van der Waals surface area contributed by atoms with Crippen LogP contribution < -0.4 is 9.47 Å². The summed E-state index contributed by atoms with van der Waals surface area (Å²) in [5.74, 6) is -2.60. The van der Waals surface area contributed by atoms with Gasteiger partial charge in [-0.05, 0) is 17.7 Å². The standard InChI is InChI=1S/C21H22O12/c22-8-4-10(23)9-6-12(25)18(31-14(9)5-8)7-1-2-13(11(24)3-7)32-21-17(28)15(26)16(27)19(33-21)20(29)30/h1-5,12,15-19,21-28H,6H2,(H,29,30)/t12-,15-,16-,17?,18+,19?,21+/m0/s1. The normalized spacial score (nSPS) is 31.3. The highest BCUT2D eigenvalue weighted by Gasteiger charge is 2.48. The Bertz CT molecular complexity index is 1060. The summed E-state index contributed by atoms with van der Waals surface area (Å²) in [4.78, 5) is 11.2. The number of carboxylic acid groups (broad SMARTS) is 1. The smallest absolute Gasteiger partial charge is 0.335 e. The third kappa shape index (κ3) is 4.21. The number of ether oxygens (including phenoxy) is 3.